The van der Waals surface area contributed by atoms with E-state index in [-0.39, 0.29) is 18.2 Å². The summed E-state index contributed by atoms with van der Waals surface area (Å²) < 4.78 is 10.6. The molecule has 1 amide bonds. The minimum Gasteiger partial charge on any atom is -0.444 e. The summed E-state index contributed by atoms with van der Waals surface area (Å²) in [6, 6.07) is 4.07. The second kappa shape index (κ2) is 8.08. The molecule has 1 saturated heterocycles. The molecule has 1 saturated carbocycles. The number of nitrogens with one attached hydrogen (secondary N) is 1. The van der Waals surface area contributed by atoms with Crippen LogP contribution in [0.1, 0.15) is 37.7 Å². The summed E-state index contributed by atoms with van der Waals surface area (Å²) in [6.07, 6.45) is 8.80. The van der Waals surface area contributed by atoms with E-state index in [0.717, 1.165) is 60.8 Å². The molecule has 0 radical (unpaired) electrons. The van der Waals surface area contributed by atoms with Crippen molar-refractivity contribution in [1.82, 2.24) is 15.3 Å². The molecule has 1 unspecified atom stereocenters. The first kappa shape index (κ1) is 18.0. The van der Waals surface area contributed by atoms with Gasteiger partial charge in [0.25, 0.3) is 0 Å². The second-order valence-electron chi connectivity index (χ2n) is 7.56. The van der Waals surface area contributed by atoms with Crippen molar-refractivity contribution in [3.63, 3.8) is 0 Å². The average Bonchev–Trinajstić information content (AvgIpc) is 3.16. The number of hydrogen-bond donors (Lipinski definition) is 2. The first-order valence-electron chi connectivity index (χ1n) is 9.71. The predicted molar refractivity (Wildman–Crippen MR) is 102 cm³/mol. The summed E-state index contributed by atoms with van der Waals surface area (Å²) in [6.45, 7) is 1.18. The Hall–Kier alpha value is -2.41. The van der Waals surface area contributed by atoms with E-state index >= 15 is 0 Å². The standard InChI is InChI=1S/C20H26N4O3/c21-15-10-14(19-18(11-15)22-6-7-23-19)9-13-1-3-16(4-2-13)24-20(25)27-17-5-8-26-12-17/h6-7,10-11,13,16-17H,1-5,8-9,12,21H2,(H,24,25). The summed E-state index contributed by atoms with van der Waals surface area (Å²) >= 11 is 0. The molecule has 0 spiro atoms. The van der Waals surface area contributed by atoms with Crippen LogP contribution in [0, 0.1) is 5.92 Å². The third-order valence-corrected chi connectivity index (χ3v) is 5.51. The molecular weight excluding hydrogens is 344 g/mol. The van der Waals surface area contributed by atoms with E-state index in [2.05, 4.69) is 15.3 Å². The number of carbonyl (C=O) groups excluding carboxylic acids is 1. The lowest BCUT2D eigenvalue weighted by Crippen LogP contribution is -2.39. The van der Waals surface area contributed by atoms with E-state index in [9.17, 15) is 4.79 Å². The number of alkyl carbamates (subject to hydrolysis) is 1. The lowest BCUT2D eigenvalue weighted by molar-refractivity contribution is 0.0788. The third kappa shape index (κ3) is 4.47. The quantitative estimate of drug-likeness (QED) is 0.803. The van der Waals surface area contributed by atoms with Crippen LogP contribution >= 0.6 is 0 Å². The fourth-order valence-corrected chi connectivity index (χ4v) is 4.11. The van der Waals surface area contributed by atoms with Crippen LogP contribution in [0.3, 0.4) is 0 Å². The van der Waals surface area contributed by atoms with Gasteiger partial charge in [-0.05, 0) is 55.7 Å². The van der Waals surface area contributed by atoms with Crippen molar-refractivity contribution in [1.29, 1.82) is 0 Å². The molecule has 3 N–H and O–H groups in total. The van der Waals surface area contributed by atoms with Gasteiger partial charge in [-0.25, -0.2) is 4.79 Å². The van der Waals surface area contributed by atoms with Crippen LogP contribution in [-0.2, 0) is 15.9 Å². The molecule has 7 nitrogen and oxygen atoms in total. The second-order valence-corrected chi connectivity index (χ2v) is 7.56. The number of nitrogen functional groups attached to an aromatic ring is 1. The molecule has 1 aliphatic heterocycles. The number of nitrogens with two attached hydrogens (primary N) is 1. The molecule has 1 aromatic heterocycles. The molecule has 1 aromatic carbocycles. The van der Waals surface area contributed by atoms with Gasteiger partial charge in [0.15, 0.2) is 0 Å². The minimum atomic E-state index is -0.314. The van der Waals surface area contributed by atoms with Crippen molar-refractivity contribution in [3.05, 3.63) is 30.1 Å². The van der Waals surface area contributed by atoms with Gasteiger partial charge in [0, 0.05) is 30.5 Å². The normalized spacial score (nSPS) is 25.4. The Bertz CT molecular complexity index is 799. The van der Waals surface area contributed by atoms with E-state index in [1.165, 1.54) is 0 Å². The highest BCUT2D eigenvalue weighted by Gasteiger charge is 2.26. The van der Waals surface area contributed by atoms with Gasteiger partial charge in [-0.2, -0.15) is 0 Å². The van der Waals surface area contributed by atoms with Gasteiger partial charge in [0.1, 0.15) is 6.10 Å². The van der Waals surface area contributed by atoms with Gasteiger partial charge >= 0.3 is 6.09 Å². The van der Waals surface area contributed by atoms with Gasteiger partial charge < -0.3 is 20.5 Å². The van der Waals surface area contributed by atoms with E-state index in [0.29, 0.717) is 19.1 Å². The van der Waals surface area contributed by atoms with Gasteiger partial charge in [-0.1, -0.05) is 0 Å². The van der Waals surface area contributed by atoms with Crippen LogP contribution in [0.4, 0.5) is 10.5 Å². The summed E-state index contributed by atoms with van der Waals surface area (Å²) in [5.74, 6) is 0.564. The van der Waals surface area contributed by atoms with Crippen molar-refractivity contribution >= 4 is 22.8 Å². The number of benzene rings is 1. The van der Waals surface area contributed by atoms with Crippen molar-refractivity contribution in [3.8, 4) is 0 Å². The maximum absolute atomic E-state index is 12.0. The summed E-state index contributed by atoms with van der Waals surface area (Å²) in [7, 11) is 0. The Balaban J connectivity index is 1.30. The molecule has 1 aliphatic carbocycles. The van der Waals surface area contributed by atoms with Crippen molar-refractivity contribution in [2.75, 3.05) is 18.9 Å². The molecule has 2 aromatic rings. The Morgan fingerprint density at radius 2 is 2.00 bits per heavy atom. The van der Waals surface area contributed by atoms with Gasteiger partial charge in [0.2, 0.25) is 0 Å². The number of aromatic nitrogens is 2. The molecule has 4 rings (SSSR count). The zero-order chi connectivity index (χ0) is 18.6. The molecule has 2 heterocycles. The van der Waals surface area contributed by atoms with Crippen LogP contribution in [-0.4, -0.2) is 41.4 Å². The number of anilines is 1. The number of ether oxygens (including phenoxy) is 2. The largest absolute Gasteiger partial charge is 0.444 e. The molecule has 0 bridgehead atoms. The Kier molecular flexibility index (Phi) is 5.38. The minimum absolute atomic E-state index is 0.0979. The van der Waals surface area contributed by atoms with Crippen molar-refractivity contribution in [2.24, 2.45) is 5.92 Å². The highest BCUT2D eigenvalue weighted by atomic mass is 16.6. The lowest BCUT2D eigenvalue weighted by atomic mass is 9.82. The zero-order valence-electron chi connectivity index (χ0n) is 15.4. The fourth-order valence-electron chi connectivity index (χ4n) is 4.11. The number of hydrogen-bond acceptors (Lipinski definition) is 6. The number of amides is 1. The summed E-state index contributed by atoms with van der Waals surface area (Å²) in [5.41, 5.74) is 9.71. The molecule has 27 heavy (non-hydrogen) atoms. The average molecular weight is 370 g/mol. The van der Waals surface area contributed by atoms with Crippen LogP contribution in [0.5, 0.6) is 0 Å². The number of fused-ring (bicyclic) bond motifs is 1. The van der Waals surface area contributed by atoms with Crippen molar-refractivity contribution < 1.29 is 14.3 Å². The summed E-state index contributed by atoms with van der Waals surface area (Å²) in [4.78, 5) is 20.9. The number of rotatable bonds is 4. The van der Waals surface area contributed by atoms with Crippen LogP contribution < -0.4 is 11.1 Å². The molecule has 1 atom stereocenters. The lowest BCUT2D eigenvalue weighted by Gasteiger charge is -2.29. The molecule has 144 valence electrons. The Morgan fingerprint density at radius 3 is 2.78 bits per heavy atom. The van der Waals surface area contributed by atoms with Gasteiger partial charge in [-0.3, -0.25) is 9.97 Å². The van der Waals surface area contributed by atoms with E-state index < -0.39 is 0 Å². The predicted octanol–water partition coefficient (Wildman–Crippen LogP) is 2.83. The fraction of sp³-hybridized carbons (Fsp3) is 0.550. The van der Waals surface area contributed by atoms with E-state index in [1.54, 1.807) is 12.4 Å². The molecule has 7 heteroatoms. The van der Waals surface area contributed by atoms with Crippen LogP contribution in [0.15, 0.2) is 24.5 Å². The monoisotopic (exact) mass is 370 g/mol. The Labute approximate surface area is 158 Å². The first-order chi connectivity index (χ1) is 13.2. The molecule has 2 fully saturated rings. The van der Waals surface area contributed by atoms with E-state index in [4.69, 9.17) is 15.2 Å². The smallest absolute Gasteiger partial charge is 0.407 e. The number of carbonyl (C=O) groups is 1. The van der Waals surface area contributed by atoms with Gasteiger partial charge in [-0.15, -0.1) is 0 Å². The molecular formula is C20H26N4O3. The third-order valence-electron chi connectivity index (χ3n) is 5.51. The highest BCUT2D eigenvalue weighted by Crippen LogP contribution is 2.30. The zero-order valence-corrected chi connectivity index (χ0v) is 15.4. The molecule has 2 aliphatic rings. The summed E-state index contributed by atoms with van der Waals surface area (Å²) in [5, 5.41) is 3.01. The maximum Gasteiger partial charge on any atom is 0.407 e. The van der Waals surface area contributed by atoms with Crippen LogP contribution in [0.25, 0.3) is 11.0 Å². The first-order valence-corrected chi connectivity index (χ1v) is 9.71. The van der Waals surface area contributed by atoms with Crippen LogP contribution in [0.2, 0.25) is 0 Å². The highest BCUT2D eigenvalue weighted by molar-refractivity contribution is 5.81. The topological polar surface area (TPSA) is 99.4 Å². The SMILES string of the molecule is Nc1cc(CC2CCC(NC(=O)OC3CCOC3)CC2)c2nccnc2c1. The van der Waals surface area contributed by atoms with Gasteiger partial charge in [0.05, 0.1) is 24.2 Å². The maximum atomic E-state index is 12.0. The number of nitrogens with zero attached hydrogens (tertiary/aromatic N) is 2. The Morgan fingerprint density at radius 1 is 1.19 bits per heavy atom. The van der Waals surface area contributed by atoms with Crippen molar-refractivity contribution in [2.45, 2.75) is 50.7 Å². The van der Waals surface area contributed by atoms with E-state index in [1.807, 2.05) is 12.1 Å².